The third-order valence-corrected chi connectivity index (χ3v) is 4.16. The molecule has 0 amide bonds. The largest absolute Gasteiger partial charge is 0.373 e. The smallest absolute Gasteiger partial charge is 0.0364 e. The van der Waals surface area contributed by atoms with Crippen molar-refractivity contribution < 1.29 is 0 Å². The molecule has 3 heteroatoms. The van der Waals surface area contributed by atoms with Crippen LogP contribution in [0.15, 0.2) is 41.8 Å². The summed E-state index contributed by atoms with van der Waals surface area (Å²) in [6, 6.07) is 13.0. The summed E-state index contributed by atoms with van der Waals surface area (Å²) in [5.41, 5.74) is 2.59. The summed E-state index contributed by atoms with van der Waals surface area (Å²) >= 11 is 1.84. The Morgan fingerprint density at radius 3 is 2.58 bits per heavy atom. The van der Waals surface area contributed by atoms with E-state index in [0.29, 0.717) is 0 Å². The van der Waals surface area contributed by atoms with Crippen LogP contribution in [0.2, 0.25) is 0 Å². The second-order valence-corrected chi connectivity index (χ2v) is 5.87. The molecule has 0 bridgehead atoms. The van der Waals surface area contributed by atoms with Crippen LogP contribution in [0, 0.1) is 6.92 Å². The highest BCUT2D eigenvalue weighted by molar-refractivity contribution is 7.09. The van der Waals surface area contributed by atoms with Gasteiger partial charge >= 0.3 is 0 Å². The fourth-order valence-electron chi connectivity index (χ4n) is 1.97. The fraction of sp³-hybridized carbons (Fsp3) is 0.375. The Morgan fingerprint density at radius 1 is 1.11 bits per heavy atom. The van der Waals surface area contributed by atoms with E-state index in [9.17, 15) is 0 Å². The van der Waals surface area contributed by atoms with Gasteiger partial charge in [-0.15, -0.1) is 11.3 Å². The first-order valence-electron chi connectivity index (χ1n) is 6.76. The quantitative estimate of drug-likeness (QED) is 0.779. The molecule has 0 aliphatic carbocycles. The Balaban J connectivity index is 1.63. The van der Waals surface area contributed by atoms with E-state index >= 15 is 0 Å². The predicted molar refractivity (Wildman–Crippen MR) is 85.3 cm³/mol. The zero-order valence-electron chi connectivity index (χ0n) is 11.7. The molecule has 0 fully saturated rings. The van der Waals surface area contributed by atoms with Gasteiger partial charge in [0.05, 0.1) is 0 Å². The highest BCUT2D eigenvalue weighted by Crippen LogP contribution is 2.12. The van der Waals surface area contributed by atoms with Gasteiger partial charge in [-0.2, -0.15) is 0 Å². The Hall–Kier alpha value is -1.32. The molecule has 102 valence electrons. The van der Waals surface area contributed by atoms with Gasteiger partial charge in [-0.05, 0) is 36.9 Å². The maximum atomic E-state index is 3.50. The maximum absolute atomic E-state index is 3.50. The number of benzene rings is 1. The van der Waals surface area contributed by atoms with Crippen LogP contribution in [0.3, 0.4) is 0 Å². The Bertz CT molecular complexity index is 462. The summed E-state index contributed by atoms with van der Waals surface area (Å²) in [5, 5.41) is 5.64. The van der Waals surface area contributed by atoms with Crippen molar-refractivity contribution in [2.24, 2.45) is 0 Å². The van der Waals surface area contributed by atoms with Crippen LogP contribution in [-0.4, -0.2) is 26.7 Å². The van der Waals surface area contributed by atoms with E-state index in [1.807, 2.05) is 11.3 Å². The van der Waals surface area contributed by atoms with E-state index in [-0.39, 0.29) is 0 Å². The highest BCUT2D eigenvalue weighted by atomic mass is 32.1. The average molecular weight is 274 g/mol. The van der Waals surface area contributed by atoms with Gasteiger partial charge in [0.15, 0.2) is 0 Å². The van der Waals surface area contributed by atoms with Crippen molar-refractivity contribution in [1.82, 2.24) is 5.32 Å². The molecule has 0 aliphatic heterocycles. The van der Waals surface area contributed by atoms with Crippen molar-refractivity contribution in [1.29, 1.82) is 0 Å². The molecular formula is C16H22N2S. The molecule has 2 nitrogen and oxygen atoms in total. The van der Waals surface area contributed by atoms with Crippen molar-refractivity contribution in [3.05, 3.63) is 52.2 Å². The molecule has 2 rings (SSSR count). The maximum Gasteiger partial charge on any atom is 0.0364 e. The van der Waals surface area contributed by atoms with Gasteiger partial charge in [-0.3, -0.25) is 0 Å². The number of hydrogen-bond donors (Lipinski definition) is 1. The summed E-state index contributed by atoms with van der Waals surface area (Å²) in [5.74, 6) is 0. The zero-order chi connectivity index (χ0) is 13.5. The monoisotopic (exact) mass is 274 g/mol. The first kappa shape index (κ1) is 14.1. The third kappa shape index (κ3) is 4.69. The first-order chi connectivity index (χ1) is 9.25. The second kappa shape index (κ2) is 7.31. The summed E-state index contributed by atoms with van der Waals surface area (Å²) in [6.45, 7) is 5.24. The molecule has 1 aromatic heterocycles. The number of hydrogen-bond acceptors (Lipinski definition) is 3. The van der Waals surface area contributed by atoms with Crippen LogP contribution in [-0.2, 0) is 6.42 Å². The molecule has 0 spiro atoms. The van der Waals surface area contributed by atoms with E-state index < -0.39 is 0 Å². The van der Waals surface area contributed by atoms with Gasteiger partial charge in [-0.25, -0.2) is 0 Å². The van der Waals surface area contributed by atoms with Gasteiger partial charge in [0, 0.05) is 37.2 Å². The minimum atomic E-state index is 1.02. The van der Waals surface area contributed by atoms with Crippen LogP contribution < -0.4 is 10.2 Å². The fourth-order valence-corrected chi connectivity index (χ4v) is 2.68. The van der Waals surface area contributed by atoms with Crippen LogP contribution in [0.4, 0.5) is 5.69 Å². The lowest BCUT2D eigenvalue weighted by atomic mass is 10.2. The van der Waals surface area contributed by atoms with E-state index in [2.05, 4.69) is 66.0 Å². The van der Waals surface area contributed by atoms with E-state index in [1.54, 1.807) is 0 Å². The molecule has 1 heterocycles. The SMILES string of the molecule is Cc1ccc(N(C)CCNCCc2cccs2)cc1. The van der Waals surface area contributed by atoms with Gasteiger partial charge in [0.25, 0.3) is 0 Å². The molecule has 1 N–H and O–H groups in total. The molecule has 0 unspecified atom stereocenters. The molecule has 1 aromatic carbocycles. The number of rotatable bonds is 7. The highest BCUT2D eigenvalue weighted by Gasteiger charge is 1.99. The van der Waals surface area contributed by atoms with E-state index in [1.165, 1.54) is 16.1 Å². The topological polar surface area (TPSA) is 15.3 Å². The van der Waals surface area contributed by atoms with Crippen molar-refractivity contribution in [3.8, 4) is 0 Å². The normalized spacial score (nSPS) is 10.6. The minimum Gasteiger partial charge on any atom is -0.373 e. The molecular weight excluding hydrogens is 252 g/mol. The van der Waals surface area contributed by atoms with Crippen molar-refractivity contribution >= 4 is 17.0 Å². The zero-order valence-corrected chi connectivity index (χ0v) is 12.5. The van der Waals surface area contributed by atoms with Crippen molar-refractivity contribution in [2.75, 3.05) is 31.6 Å². The van der Waals surface area contributed by atoms with Crippen LogP contribution in [0.25, 0.3) is 0 Å². The third-order valence-electron chi connectivity index (χ3n) is 3.23. The van der Waals surface area contributed by atoms with Crippen LogP contribution in [0.5, 0.6) is 0 Å². The van der Waals surface area contributed by atoms with Gasteiger partial charge in [-0.1, -0.05) is 23.8 Å². The number of thiophene rings is 1. The minimum absolute atomic E-state index is 1.02. The van der Waals surface area contributed by atoms with Gasteiger partial charge < -0.3 is 10.2 Å². The van der Waals surface area contributed by atoms with E-state index in [4.69, 9.17) is 0 Å². The summed E-state index contributed by atoms with van der Waals surface area (Å²) in [4.78, 5) is 3.75. The standard InChI is InChI=1S/C16H22N2S/c1-14-5-7-15(8-6-14)18(2)12-11-17-10-9-16-4-3-13-19-16/h3-8,13,17H,9-12H2,1-2H3. The lowest BCUT2D eigenvalue weighted by Gasteiger charge is -2.19. The predicted octanol–water partition coefficient (Wildman–Crippen LogP) is 3.33. The van der Waals surface area contributed by atoms with Crippen molar-refractivity contribution in [3.63, 3.8) is 0 Å². The van der Waals surface area contributed by atoms with Gasteiger partial charge in [0.1, 0.15) is 0 Å². The lowest BCUT2D eigenvalue weighted by Crippen LogP contribution is -2.30. The molecule has 2 aromatic rings. The van der Waals surface area contributed by atoms with Crippen molar-refractivity contribution in [2.45, 2.75) is 13.3 Å². The van der Waals surface area contributed by atoms with E-state index in [0.717, 1.165) is 26.1 Å². The van der Waals surface area contributed by atoms with Crippen LogP contribution in [0.1, 0.15) is 10.4 Å². The second-order valence-electron chi connectivity index (χ2n) is 4.84. The number of aryl methyl sites for hydroxylation is 1. The molecule has 0 atom stereocenters. The summed E-state index contributed by atoms with van der Waals surface area (Å²) in [7, 11) is 2.14. The first-order valence-corrected chi connectivity index (χ1v) is 7.64. The number of likely N-dealkylation sites (N-methyl/N-ethyl adjacent to an activating group) is 1. The Kier molecular flexibility index (Phi) is 5.43. The molecule has 0 saturated heterocycles. The molecule has 19 heavy (non-hydrogen) atoms. The molecule has 0 saturated carbocycles. The number of nitrogens with zero attached hydrogens (tertiary/aromatic N) is 1. The van der Waals surface area contributed by atoms with Crippen LogP contribution >= 0.6 is 11.3 Å². The average Bonchev–Trinajstić information content (AvgIpc) is 2.92. The van der Waals surface area contributed by atoms with Gasteiger partial charge in [0.2, 0.25) is 0 Å². The summed E-state index contributed by atoms with van der Waals surface area (Å²) in [6.07, 6.45) is 1.13. The molecule has 0 aliphatic rings. The molecule has 0 radical (unpaired) electrons. The lowest BCUT2D eigenvalue weighted by molar-refractivity contribution is 0.678. The Morgan fingerprint density at radius 2 is 1.89 bits per heavy atom. The number of anilines is 1. The number of nitrogens with one attached hydrogen (secondary N) is 1. The Labute approximate surface area is 120 Å². The summed E-state index contributed by atoms with van der Waals surface area (Å²) < 4.78 is 0.